The van der Waals surface area contributed by atoms with Crippen LogP contribution in [0.1, 0.15) is 96.8 Å². The monoisotopic (exact) mass is 1410 g/mol. The molecule has 1 aromatic carbocycles. The molecule has 0 radical (unpaired) electrons. The van der Waals surface area contributed by atoms with Gasteiger partial charge in [0, 0.05) is 46.1 Å². The molecular weight excluding hydrogens is 1310 g/mol. The van der Waals surface area contributed by atoms with E-state index in [-0.39, 0.29) is 12.2 Å². The van der Waals surface area contributed by atoms with Gasteiger partial charge in [-0.3, -0.25) is 24.0 Å². The summed E-state index contributed by atoms with van der Waals surface area (Å²) in [4.78, 5) is 65.0. The summed E-state index contributed by atoms with van der Waals surface area (Å²) < 4.78 is 71.9. The molecule has 6 saturated heterocycles. The smallest absolute Gasteiger partial charge is 0.251 e. The number of aliphatic hydroxyl groups excluding tert-OH is 14. The summed E-state index contributed by atoms with van der Waals surface area (Å²) in [5, 5.41) is 168. The van der Waals surface area contributed by atoms with Crippen molar-refractivity contribution in [2.24, 2.45) is 0 Å². The Labute approximate surface area is 564 Å². The van der Waals surface area contributed by atoms with Gasteiger partial charge in [-0.05, 0) is 38.0 Å². The van der Waals surface area contributed by atoms with E-state index in [1.807, 2.05) is 0 Å². The molecule has 36 heteroatoms. The minimum atomic E-state index is -2.08. The van der Waals surface area contributed by atoms with Gasteiger partial charge in [-0.25, -0.2) is 0 Å². The number of rotatable bonds is 29. The van der Waals surface area contributed by atoms with E-state index in [0.29, 0.717) is 18.6 Å². The number of carbonyl (C=O) groups excluding carboxylic acids is 5. The first-order chi connectivity index (χ1) is 46.7. The summed E-state index contributed by atoms with van der Waals surface area (Å²) in [5.74, 6) is 2.53. The number of benzene rings is 1. The van der Waals surface area contributed by atoms with E-state index >= 15 is 0 Å². The van der Waals surface area contributed by atoms with Crippen molar-refractivity contribution in [1.82, 2.24) is 26.6 Å². The molecule has 0 aliphatic carbocycles. The Morgan fingerprint density at radius 3 is 1.34 bits per heavy atom. The summed E-state index contributed by atoms with van der Waals surface area (Å²) in [5.41, 5.74) is 0.0314. The van der Waals surface area contributed by atoms with Gasteiger partial charge in [-0.1, -0.05) is 32.3 Å². The maximum absolute atomic E-state index is 13.9. The van der Waals surface area contributed by atoms with Crippen LogP contribution in [0.3, 0.4) is 0 Å². The Balaban J connectivity index is 1.07. The van der Waals surface area contributed by atoms with Gasteiger partial charge in [0.15, 0.2) is 37.7 Å². The van der Waals surface area contributed by atoms with Gasteiger partial charge in [0.2, 0.25) is 23.6 Å². The first-order valence-electron chi connectivity index (χ1n) is 32.6. The van der Waals surface area contributed by atoms with E-state index in [2.05, 4.69) is 45.3 Å². The van der Waals surface area contributed by atoms with Crippen molar-refractivity contribution in [1.29, 1.82) is 0 Å². The second-order valence-corrected chi connectivity index (χ2v) is 24.9. The molecule has 6 fully saturated rings. The molecule has 30 atom stereocenters. The van der Waals surface area contributed by atoms with Crippen LogP contribution in [0, 0.1) is 11.8 Å². The molecule has 5 amide bonds. The fourth-order valence-electron chi connectivity index (χ4n) is 12.3. The molecule has 98 heavy (non-hydrogen) atoms. The topological polar surface area (TPSA) is 539 Å². The van der Waals surface area contributed by atoms with E-state index in [4.69, 9.17) is 56.8 Å². The van der Waals surface area contributed by atoms with Crippen molar-refractivity contribution in [3.8, 4) is 17.6 Å². The zero-order valence-corrected chi connectivity index (χ0v) is 55.0. The summed E-state index contributed by atoms with van der Waals surface area (Å²) in [6.45, 7) is 3.20. The largest absolute Gasteiger partial charge is 0.494 e. The van der Waals surface area contributed by atoms with E-state index in [9.17, 15) is 95.5 Å². The molecule has 556 valence electrons. The Kier molecular flexibility index (Phi) is 30.9. The van der Waals surface area contributed by atoms with Gasteiger partial charge < -0.3 is 155 Å². The lowest BCUT2D eigenvalue weighted by Crippen LogP contribution is -2.72. The van der Waals surface area contributed by atoms with Gasteiger partial charge in [-0.15, -0.1) is 11.8 Å². The predicted molar refractivity (Wildman–Crippen MR) is 327 cm³/mol. The number of amides is 5. The van der Waals surface area contributed by atoms with Crippen molar-refractivity contribution < 1.29 is 152 Å². The second kappa shape index (κ2) is 37.7. The fourth-order valence-corrected chi connectivity index (χ4v) is 12.3. The molecule has 6 aliphatic heterocycles. The third-order valence-corrected chi connectivity index (χ3v) is 17.4. The Morgan fingerprint density at radius 1 is 0.449 bits per heavy atom. The van der Waals surface area contributed by atoms with E-state index in [1.165, 1.54) is 19.1 Å². The van der Waals surface area contributed by atoms with Gasteiger partial charge in [0.25, 0.3) is 5.91 Å². The second-order valence-electron chi connectivity index (χ2n) is 24.9. The standard InChI is InChI=1S/C62H97N5O31/c1-7-8-9-10-11-12-13-14-15-19-87-32-18-16-17-31(20-32)56(85)67-39-45(78)44(77)33(21-68)91-58(39)95-52-34(22-69)92-59(40(47(52)80)64-28(4)73)96-53-35(23-70)93-60(41(48(53)81)65-29(5)74)97-54-36(24-71)94-61(42(49(54)82)66-30(6)75)98-55-37(90-57(86)38(46(55)79)63-27(3)72)25-88-62-51(84)50(83)43(76)26(2)89-62/h16-18,20,26,33-55,57-62,68-71,76-84,86H,7-11,14-15,19,21-25H2,1-6H3,(H,63,72)(H,64,73)(H,65,74)(H,66,75)(H,67,85)/t26?,33?,34-,35?,36-,37?,38-,39-,40?,41-,42?,43?,44+,45+,46+,47?,48+,49?,50+,51?,52+,53?,54+,55?,57+,58?,59?,60-,61?,62+/m0/s1. The van der Waals surface area contributed by atoms with Crippen molar-refractivity contribution in [3.63, 3.8) is 0 Å². The zero-order valence-electron chi connectivity index (χ0n) is 55.0. The number of hydrogen-bond acceptors (Lipinski definition) is 31. The summed E-state index contributed by atoms with van der Waals surface area (Å²) in [6, 6.07) is -2.60. The third kappa shape index (κ3) is 20.4. The highest BCUT2D eigenvalue weighted by atomic mass is 16.8. The molecule has 0 aromatic heterocycles. The van der Waals surface area contributed by atoms with Crippen LogP contribution in [0.2, 0.25) is 0 Å². The number of carbonyl (C=O) groups is 5. The number of nitrogens with one attached hydrogen (secondary N) is 5. The van der Waals surface area contributed by atoms with Crippen LogP contribution in [0.15, 0.2) is 24.3 Å². The quantitative estimate of drug-likeness (QED) is 0.0262. The van der Waals surface area contributed by atoms with E-state index < -0.39 is 246 Å². The normalized spacial score (nSPS) is 39.6. The first-order valence-corrected chi connectivity index (χ1v) is 32.6. The summed E-state index contributed by atoms with van der Waals surface area (Å²) in [7, 11) is 0. The van der Waals surface area contributed by atoms with Gasteiger partial charge in [0.05, 0.1) is 45.7 Å². The van der Waals surface area contributed by atoms with Gasteiger partial charge in [0.1, 0.15) is 146 Å². The Hall–Kier alpha value is -5.07. The molecule has 0 bridgehead atoms. The van der Waals surface area contributed by atoms with Crippen molar-refractivity contribution >= 4 is 29.5 Å². The average Bonchev–Trinajstić information content (AvgIpc) is 0.772. The zero-order chi connectivity index (χ0) is 71.8. The maximum atomic E-state index is 13.9. The van der Waals surface area contributed by atoms with Crippen LogP contribution in [-0.4, -0.2) is 325 Å². The van der Waals surface area contributed by atoms with E-state index in [0.717, 1.165) is 59.8 Å². The van der Waals surface area contributed by atoms with Crippen LogP contribution < -0.4 is 31.3 Å². The lowest BCUT2D eigenvalue weighted by atomic mass is 9.93. The minimum Gasteiger partial charge on any atom is -0.494 e. The lowest BCUT2D eigenvalue weighted by molar-refractivity contribution is -0.368. The van der Waals surface area contributed by atoms with Crippen LogP contribution in [0.4, 0.5) is 0 Å². The minimum absolute atomic E-state index is 0.0314. The third-order valence-electron chi connectivity index (χ3n) is 17.4. The predicted octanol–water partition coefficient (Wildman–Crippen LogP) is -7.93. The Morgan fingerprint density at radius 2 is 0.878 bits per heavy atom. The average molecular weight is 1410 g/mol. The highest BCUT2D eigenvalue weighted by Gasteiger charge is 2.58. The molecule has 6 heterocycles. The molecule has 1 aromatic rings. The molecule has 7 rings (SSSR count). The number of aliphatic hydroxyl groups is 14. The fraction of sp³-hybridized carbons (Fsp3) is 0.790. The Bertz CT molecular complexity index is 2770. The highest BCUT2D eigenvalue weighted by molar-refractivity contribution is 5.94. The van der Waals surface area contributed by atoms with Crippen LogP contribution in [-0.2, 0) is 71.3 Å². The summed E-state index contributed by atoms with van der Waals surface area (Å²) in [6.07, 6.45) is -38.5. The number of unbranched alkanes of at least 4 members (excludes halogenated alkanes) is 5. The van der Waals surface area contributed by atoms with Crippen molar-refractivity contribution in [3.05, 3.63) is 29.8 Å². The van der Waals surface area contributed by atoms with E-state index in [1.54, 1.807) is 12.1 Å². The molecule has 15 unspecified atom stereocenters. The van der Waals surface area contributed by atoms with Crippen LogP contribution >= 0.6 is 0 Å². The molecule has 19 N–H and O–H groups in total. The van der Waals surface area contributed by atoms with Crippen molar-refractivity contribution in [2.45, 2.75) is 270 Å². The molecule has 0 spiro atoms. The van der Waals surface area contributed by atoms with Gasteiger partial charge in [-0.2, -0.15) is 0 Å². The molecular formula is C62H97N5O31. The maximum Gasteiger partial charge on any atom is 0.251 e. The number of ether oxygens (including phenoxy) is 12. The van der Waals surface area contributed by atoms with Crippen molar-refractivity contribution in [2.75, 3.05) is 39.6 Å². The number of hydrogen-bond donors (Lipinski definition) is 19. The van der Waals surface area contributed by atoms with Crippen LogP contribution in [0.5, 0.6) is 5.75 Å². The molecule has 36 nitrogen and oxygen atoms in total. The SMILES string of the molecule is CCCCCCC#CCCCOc1cccc(C(=O)N[C@@H]2C(O[C@H]3C(O)C(NC(C)=O)C(OC4C(CO)O[C@@H](O[C@H]5C(O)C(NC(C)=O)C(OC6C(CO[C@@H]7OC(C)C(O)[C@@H](O)C7O)O[C@@H](O)[C@@H](NC(C)=O)[C@H]6O)O[C@H]5CO)[C@@H](NC(C)=O)[C@H]4O)O[C@H]3CO)OC(CO)[C@@H](O)[C@@H]2O)c1. The summed E-state index contributed by atoms with van der Waals surface area (Å²) >= 11 is 0. The molecule has 0 saturated carbocycles. The van der Waals surface area contributed by atoms with Gasteiger partial charge >= 0.3 is 0 Å². The van der Waals surface area contributed by atoms with Crippen LogP contribution in [0.25, 0.3) is 0 Å². The first kappa shape index (κ1) is 80.2. The molecule has 6 aliphatic rings. The highest BCUT2D eigenvalue weighted by Crippen LogP contribution is 2.37. The lowest BCUT2D eigenvalue weighted by Gasteiger charge is -2.51.